The van der Waals surface area contributed by atoms with E-state index in [-0.39, 0.29) is 11.6 Å². The zero-order valence-electron chi connectivity index (χ0n) is 12.3. The lowest BCUT2D eigenvalue weighted by Gasteiger charge is -2.25. The van der Waals surface area contributed by atoms with Crippen molar-refractivity contribution in [3.63, 3.8) is 0 Å². The lowest BCUT2D eigenvalue weighted by atomic mass is 9.85. The average molecular weight is 284 g/mol. The molecule has 0 saturated carbocycles. The van der Waals surface area contributed by atoms with Crippen LogP contribution >= 0.6 is 0 Å². The molecule has 0 saturated heterocycles. The molecule has 3 N–H and O–H groups in total. The summed E-state index contributed by atoms with van der Waals surface area (Å²) in [7, 11) is 0. The van der Waals surface area contributed by atoms with Crippen molar-refractivity contribution in [1.82, 2.24) is 5.32 Å². The van der Waals surface area contributed by atoms with Crippen LogP contribution in [-0.4, -0.2) is 12.5 Å². The molecule has 0 bridgehead atoms. The number of carbonyl (C=O) groups excluding carboxylic acids is 1. The van der Waals surface area contributed by atoms with Gasteiger partial charge in [0.15, 0.2) is 5.82 Å². The van der Waals surface area contributed by atoms with Crippen molar-refractivity contribution in [1.29, 1.82) is 0 Å². The highest BCUT2D eigenvalue weighted by Gasteiger charge is 2.22. The van der Waals surface area contributed by atoms with Crippen molar-refractivity contribution < 1.29 is 13.6 Å². The minimum Gasteiger partial charge on any atom is -0.396 e. The summed E-state index contributed by atoms with van der Waals surface area (Å²) in [5, 5.41) is 2.60. The zero-order chi connectivity index (χ0) is 15.4. The normalized spacial score (nSPS) is 11.4. The first-order valence-electron chi connectivity index (χ1n) is 6.77. The predicted molar refractivity (Wildman–Crippen MR) is 76.3 cm³/mol. The molecule has 1 aromatic carbocycles. The third-order valence-electron chi connectivity index (χ3n) is 3.56. The van der Waals surface area contributed by atoms with Gasteiger partial charge in [0, 0.05) is 6.54 Å². The van der Waals surface area contributed by atoms with E-state index >= 15 is 0 Å². The molecule has 1 amide bonds. The van der Waals surface area contributed by atoms with E-state index in [4.69, 9.17) is 5.73 Å². The molecule has 0 atom stereocenters. The van der Waals surface area contributed by atoms with Gasteiger partial charge in [-0.3, -0.25) is 4.79 Å². The summed E-state index contributed by atoms with van der Waals surface area (Å²) in [6.07, 6.45) is 0. The number of hydrogen-bond donors (Lipinski definition) is 2. The summed E-state index contributed by atoms with van der Waals surface area (Å²) in [6, 6.07) is 2.10. The van der Waals surface area contributed by atoms with Gasteiger partial charge in [-0.2, -0.15) is 0 Å². The van der Waals surface area contributed by atoms with E-state index in [1.165, 1.54) is 0 Å². The molecule has 5 heteroatoms. The van der Waals surface area contributed by atoms with Gasteiger partial charge in [-0.15, -0.1) is 0 Å². The molecule has 1 rings (SSSR count). The van der Waals surface area contributed by atoms with Crippen LogP contribution in [0.4, 0.5) is 14.5 Å². The Hall–Kier alpha value is -1.65. The summed E-state index contributed by atoms with van der Waals surface area (Å²) >= 11 is 0. The van der Waals surface area contributed by atoms with Crippen LogP contribution in [0.2, 0.25) is 0 Å². The molecule has 0 heterocycles. The van der Waals surface area contributed by atoms with Gasteiger partial charge in [0.2, 0.25) is 0 Å². The van der Waals surface area contributed by atoms with Gasteiger partial charge < -0.3 is 11.1 Å². The zero-order valence-corrected chi connectivity index (χ0v) is 12.3. The van der Waals surface area contributed by atoms with Crippen LogP contribution in [-0.2, 0) is 0 Å². The first kappa shape index (κ1) is 16.4. The largest absolute Gasteiger partial charge is 0.396 e. The van der Waals surface area contributed by atoms with Crippen molar-refractivity contribution in [3.8, 4) is 0 Å². The fourth-order valence-corrected chi connectivity index (χ4v) is 2.32. The molecule has 0 aliphatic heterocycles. The Morgan fingerprint density at radius 1 is 1.20 bits per heavy atom. The topological polar surface area (TPSA) is 55.1 Å². The van der Waals surface area contributed by atoms with Crippen molar-refractivity contribution in [3.05, 3.63) is 29.3 Å². The van der Waals surface area contributed by atoms with Crippen molar-refractivity contribution in [2.45, 2.75) is 27.7 Å². The molecule has 0 radical (unpaired) electrons. The quantitative estimate of drug-likeness (QED) is 0.816. The lowest BCUT2D eigenvalue weighted by Crippen LogP contribution is -2.34. The van der Waals surface area contributed by atoms with Crippen LogP contribution in [0.3, 0.4) is 0 Å². The van der Waals surface area contributed by atoms with Gasteiger partial charge in [-0.1, -0.05) is 27.7 Å². The molecule has 20 heavy (non-hydrogen) atoms. The molecular weight excluding hydrogens is 262 g/mol. The Kier molecular flexibility index (Phi) is 5.48. The van der Waals surface area contributed by atoms with Crippen LogP contribution in [0, 0.1) is 29.4 Å². The highest BCUT2D eigenvalue weighted by molar-refractivity contribution is 5.95. The summed E-state index contributed by atoms with van der Waals surface area (Å²) < 4.78 is 27.3. The van der Waals surface area contributed by atoms with E-state index in [0.717, 1.165) is 12.1 Å². The van der Waals surface area contributed by atoms with Gasteiger partial charge >= 0.3 is 0 Å². The number of hydrogen-bond acceptors (Lipinski definition) is 2. The average Bonchev–Trinajstić information content (AvgIpc) is 2.33. The standard InChI is InChI=1S/C15H22F2N2O/c1-8(2)10(9(3)4)7-19-15(20)13-11(16)5-6-12(18)14(13)17/h5-6,8-10H,7,18H2,1-4H3,(H,19,20). The molecule has 0 aromatic heterocycles. The van der Waals surface area contributed by atoms with E-state index < -0.39 is 23.1 Å². The summed E-state index contributed by atoms with van der Waals surface area (Å²) in [5.41, 5.74) is 4.51. The Balaban J connectivity index is 2.85. The minimum absolute atomic E-state index is 0.235. The van der Waals surface area contributed by atoms with Gasteiger partial charge in [0.05, 0.1) is 5.69 Å². The Labute approximate surface area is 118 Å². The molecular formula is C15H22F2N2O. The number of benzene rings is 1. The van der Waals surface area contributed by atoms with Crippen LogP contribution in [0.15, 0.2) is 12.1 Å². The fraction of sp³-hybridized carbons (Fsp3) is 0.533. The second kappa shape index (κ2) is 6.68. The molecule has 0 spiro atoms. The highest BCUT2D eigenvalue weighted by Crippen LogP contribution is 2.21. The number of amides is 1. The lowest BCUT2D eigenvalue weighted by molar-refractivity contribution is 0.0929. The Bertz CT molecular complexity index is 479. The second-order valence-electron chi connectivity index (χ2n) is 5.69. The first-order valence-corrected chi connectivity index (χ1v) is 6.77. The number of nitrogens with two attached hydrogens (primary N) is 1. The third kappa shape index (κ3) is 3.68. The van der Waals surface area contributed by atoms with E-state index in [1.807, 2.05) is 0 Å². The van der Waals surface area contributed by atoms with Gasteiger partial charge in [-0.25, -0.2) is 8.78 Å². The molecule has 3 nitrogen and oxygen atoms in total. The van der Waals surface area contributed by atoms with E-state index in [9.17, 15) is 13.6 Å². The Morgan fingerprint density at radius 3 is 2.25 bits per heavy atom. The fourth-order valence-electron chi connectivity index (χ4n) is 2.32. The number of halogens is 2. The van der Waals surface area contributed by atoms with Crippen LogP contribution in [0.1, 0.15) is 38.1 Å². The van der Waals surface area contributed by atoms with Crippen LogP contribution < -0.4 is 11.1 Å². The molecule has 0 aliphatic carbocycles. The summed E-state index contributed by atoms with van der Waals surface area (Å²) in [5.74, 6) is -1.70. The van der Waals surface area contributed by atoms with E-state index in [1.54, 1.807) is 0 Å². The Morgan fingerprint density at radius 2 is 1.75 bits per heavy atom. The van der Waals surface area contributed by atoms with Crippen LogP contribution in [0.25, 0.3) is 0 Å². The maximum atomic E-state index is 13.7. The highest BCUT2D eigenvalue weighted by atomic mass is 19.1. The molecule has 112 valence electrons. The van der Waals surface area contributed by atoms with Crippen LogP contribution in [0.5, 0.6) is 0 Å². The van der Waals surface area contributed by atoms with E-state index in [2.05, 4.69) is 33.0 Å². The summed E-state index contributed by atoms with van der Waals surface area (Å²) in [4.78, 5) is 11.9. The number of rotatable bonds is 5. The predicted octanol–water partition coefficient (Wildman–Crippen LogP) is 3.21. The number of nitrogen functional groups attached to an aromatic ring is 1. The number of anilines is 1. The molecule has 1 aromatic rings. The third-order valence-corrected chi connectivity index (χ3v) is 3.56. The monoisotopic (exact) mass is 284 g/mol. The molecule has 0 aliphatic rings. The van der Waals surface area contributed by atoms with Gasteiger partial charge in [0.25, 0.3) is 5.91 Å². The SMILES string of the molecule is CC(C)C(CNC(=O)c1c(F)ccc(N)c1F)C(C)C. The van der Waals surface area contributed by atoms with E-state index in [0.29, 0.717) is 18.4 Å². The maximum absolute atomic E-state index is 13.7. The van der Waals surface area contributed by atoms with Crippen molar-refractivity contribution in [2.24, 2.45) is 17.8 Å². The molecule has 0 fully saturated rings. The minimum atomic E-state index is -1.01. The van der Waals surface area contributed by atoms with Crippen molar-refractivity contribution >= 4 is 11.6 Å². The second-order valence-corrected chi connectivity index (χ2v) is 5.69. The van der Waals surface area contributed by atoms with Gasteiger partial charge in [-0.05, 0) is 29.9 Å². The smallest absolute Gasteiger partial charge is 0.257 e. The number of nitrogens with one attached hydrogen (secondary N) is 1. The number of carbonyl (C=O) groups is 1. The van der Waals surface area contributed by atoms with Crippen molar-refractivity contribution in [2.75, 3.05) is 12.3 Å². The summed E-state index contributed by atoms with van der Waals surface area (Å²) in [6.45, 7) is 8.59. The first-order chi connectivity index (χ1) is 9.25. The molecule has 0 unspecified atom stereocenters. The van der Waals surface area contributed by atoms with Gasteiger partial charge in [0.1, 0.15) is 11.4 Å². The maximum Gasteiger partial charge on any atom is 0.257 e.